The Labute approximate surface area is 97.6 Å². The molecule has 0 bridgehead atoms. The summed E-state index contributed by atoms with van der Waals surface area (Å²) < 4.78 is 2.85. The Morgan fingerprint density at radius 3 is 2.87 bits per heavy atom. The summed E-state index contributed by atoms with van der Waals surface area (Å²) in [6.45, 7) is 4.40. The van der Waals surface area contributed by atoms with Crippen LogP contribution in [0.2, 0.25) is 0 Å². The zero-order chi connectivity index (χ0) is 11.0. The molecule has 2 rings (SSSR count). The number of rotatable bonds is 2. The first-order valence-corrected chi connectivity index (χ1v) is 5.84. The molecule has 0 fully saturated rings. The van der Waals surface area contributed by atoms with Crippen LogP contribution in [0.15, 0.2) is 16.7 Å². The van der Waals surface area contributed by atoms with Crippen molar-refractivity contribution in [1.29, 1.82) is 0 Å². The molecule has 4 heteroatoms. The largest absolute Gasteiger partial charge is 0.250 e. The summed E-state index contributed by atoms with van der Waals surface area (Å²) in [5.41, 5.74) is 2.09. The maximum atomic E-state index is 4.50. The molecule has 2 aromatic rings. The normalized spacial score (nSPS) is 11.5. The van der Waals surface area contributed by atoms with Crippen molar-refractivity contribution in [2.45, 2.75) is 20.3 Å². The maximum absolute atomic E-state index is 4.50. The lowest BCUT2D eigenvalue weighted by molar-refractivity contribution is 0.624. The third-order valence-corrected chi connectivity index (χ3v) is 2.76. The summed E-state index contributed by atoms with van der Waals surface area (Å²) in [7, 11) is 1.94. The van der Waals surface area contributed by atoms with E-state index in [1.165, 1.54) is 0 Å². The van der Waals surface area contributed by atoms with Gasteiger partial charge in [-0.05, 0) is 34.3 Å². The number of aryl methyl sites for hydroxylation is 1. The molecular formula is C11H14BrN3. The minimum Gasteiger partial charge on any atom is -0.250 e. The molecule has 0 saturated carbocycles. The lowest BCUT2D eigenvalue weighted by Crippen LogP contribution is -1.97. The van der Waals surface area contributed by atoms with Gasteiger partial charge in [0, 0.05) is 23.1 Å². The summed E-state index contributed by atoms with van der Waals surface area (Å²) in [5, 5.41) is 5.66. The van der Waals surface area contributed by atoms with E-state index in [1.807, 2.05) is 17.9 Å². The molecule has 0 aliphatic heterocycles. The van der Waals surface area contributed by atoms with Gasteiger partial charge in [-0.25, -0.2) is 4.98 Å². The zero-order valence-electron chi connectivity index (χ0n) is 9.16. The molecule has 2 heterocycles. The van der Waals surface area contributed by atoms with Gasteiger partial charge in [-0.15, -0.1) is 0 Å². The molecule has 3 nitrogen and oxygen atoms in total. The SMILES string of the molecule is CC(C)Cc1nn(C)c2ncc(Br)cc12. The van der Waals surface area contributed by atoms with Crippen molar-refractivity contribution in [3.8, 4) is 0 Å². The van der Waals surface area contributed by atoms with E-state index < -0.39 is 0 Å². The van der Waals surface area contributed by atoms with E-state index in [4.69, 9.17) is 0 Å². The number of pyridine rings is 1. The number of fused-ring (bicyclic) bond motifs is 1. The molecule has 0 N–H and O–H groups in total. The predicted octanol–water partition coefficient (Wildman–Crippen LogP) is 2.93. The second kappa shape index (κ2) is 3.93. The first-order valence-electron chi connectivity index (χ1n) is 5.05. The van der Waals surface area contributed by atoms with Crippen LogP contribution in [0.3, 0.4) is 0 Å². The van der Waals surface area contributed by atoms with Gasteiger partial charge < -0.3 is 0 Å². The molecule has 0 saturated heterocycles. The van der Waals surface area contributed by atoms with Crippen molar-refractivity contribution in [2.24, 2.45) is 13.0 Å². The van der Waals surface area contributed by atoms with Crippen molar-refractivity contribution < 1.29 is 0 Å². The summed E-state index contributed by atoms with van der Waals surface area (Å²) in [5.74, 6) is 0.613. The Kier molecular flexibility index (Phi) is 2.78. The Morgan fingerprint density at radius 2 is 2.20 bits per heavy atom. The minimum atomic E-state index is 0.613. The molecule has 0 atom stereocenters. The van der Waals surface area contributed by atoms with Crippen molar-refractivity contribution in [3.63, 3.8) is 0 Å². The van der Waals surface area contributed by atoms with Gasteiger partial charge in [-0.2, -0.15) is 5.10 Å². The molecule has 0 aromatic carbocycles. The second-order valence-electron chi connectivity index (χ2n) is 4.19. The van der Waals surface area contributed by atoms with Crippen LogP contribution in [0.1, 0.15) is 19.5 Å². The van der Waals surface area contributed by atoms with Gasteiger partial charge in [0.1, 0.15) is 0 Å². The monoisotopic (exact) mass is 267 g/mol. The van der Waals surface area contributed by atoms with Gasteiger partial charge >= 0.3 is 0 Å². The smallest absolute Gasteiger partial charge is 0.157 e. The van der Waals surface area contributed by atoms with Gasteiger partial charge in [0.05, 0.1) is 5.69 Å². The van der Waals surface area contributed by atoms with Gasteiger partial charge in [0.2, 0.25) is 0 Å². The molecule has 80 valence electrons. The third kappa shape index (κ3) is 2.04. The minimum absolute atomic E-state index is 0.613. The quantitative estimate of drug-likeness (QED) is 0.838. The highest BCUT2D eigenvalue weighted by Crippen LogP contribution is 2.22. The third-order valence-electron chi connectivity index (χ3n) is 2.32. The highest BCUT2D eigenvalue weighted by atomic mass is 79.9. The van der Waals surface area contributed by atoms with E-state index in [0.29, 0.717) is 5.92 Å². The average Bonchev–Trinajstić information content (AvgIpc) is 2.42. The molecule has 15 heavy (non-hydrogen) atoms. The number of nitrogens with zero attached hydrogens (tertiary/aromatic N) is 3. The second-order valence-corrected chi connectivity index (χ2v) is 5.11. The van der Waals surface area contributed by atoms with Crippen LogP contribution >= 0.6 is 15.9 Å². The molecule has 0 radical (unpaired) electrons. The van der Waals surface area contributed by atoms with Crippen molar-refractivity contribution in [3.05, 3.63) is 22.4 Å². The van der Waals surface area contributed by atoms with E-state index in [2.05, 4.69) is 45.9 Å². The zero-order valence-corrected chi connectivity index (χ0v) is 10.7. The summed E-state index contributed by atoms with van der Waals surface area (Å²) in [6, 6.07) is 2.09. The molecular weight excluding hydrogens is 254 g/mol. The number of aromatic nitrogens is 3. The lowest BCUT2D eigenvalue weighted by atomic mass is 10.1. The fourth-order valence-electron chi connectivity index (χ4n) is 1.72. The van der Waals surface area contributed by atoms with Crippen LogP contribution in [0.25, 0.3) is 11.0 Å². The van der Waals surface area contributed by atoms with E-state index in [0.717, 1.165) is 27.6 Å². The molecule has 0 unspecified atom stereocenters. The Bertz CT molecular complexity index is 488. The van der Waals surface area contributed by atoms with Gasteiger partial charge in [-0.3, -0.25) is 4.68 Å². The fraction of sp³-hybridized carbons (Fsp3) is 0.455. The first kappa shape index (κ1) is 10.6. The van der Waals surface area contributed by atoms with Crippen LogP contribution in [0.4, 0.5) is 0 Å². The van der Waals surface area contributed by atoms with E-state index in [-0.39, 0.29) is 0 Å². The highest BCUT2D eigenvalue weighted by molar-refractivity contribution is 9.10. The van der Waals surface area contributed by atoms with Crippen LogP contribution < -0.4 is 0 Å². The molecule has 2 aromatic heterocycles. The van der Waals surface area contributed by atoms with Crippen LogP contribution in [-0.4, -0.2) is 14.8 Å². The molecule has 0 amide bonds. The molecule has 0 aliphatic carbocycles. The number of hydrogen-bond acceptors (Lipinski definition) is 2. The Hall–Kier alpha value is -0.900. The van der Waals surface area contributed by atoms with Gasteiger partial charge in [-0.1, -0.05) is 13.8 Å². The topological polar surface area (TPSA) is 30.7 Å². The van der Waals surface area contributed by atoms with Crippen LogP contribution in [0, 0.1) is 5.92 Å². The van der Waals surface area contributed by atoms with Crippen molar-refractivity contribution in [2.75, 3.05) is 0 Å². The highest BCUT2D eigenvalue weighted by Gasteiger charge is 2.11. The standard InChI is InChI=1S/C11H14BrN3/c1-7(2)4-10-9-5-8(12)6-13-11(9)15(3)14-10/h5-7H,4H2,1-3H3. The number of halogens is 1. The lowest BCUT2D eigenvalue weighted by Gasteiger charge is -2.00. The van der Waals surface area contributed by atoms with Crippen molar-refractivity contribution in [1.82, 2.24) is 14.8 Å². The Balaban J connectivity index is 2.59. The van der Waals surface area contributed by atoms with Gasteiger partial charge in [0.25, 0.3) is 0 Å². The first-order chi connectivity index (χ1) is 7.08. The predicted molar refractivity (Wildman–Crippen MR) is 64.8 cm³/mol. The fourth-order valence-corrected chi connectivity index (χ4v) is 2.05. The maximum Gasteiger partial charge on any atom is 0.157 e. The Morgan fingerprint density at radius 1 is 1.47 bits per heavy atom. The summed E-state index contributed by atoms with van der Waals surface area (Å²) in [4.78, 5) is 4.36. The summed E-state index contributed by atoms with van der Waals surface area (Å²) >= 11 is 3.44. The van der Waals surface area contributed by atoms with Crippen LogP contribution in [0.5, 0.6) is 0 Å². The average molecular weight is 268 g/mol. The van der Waals surface area contributed by atoms with Crippen molar-refractivity contribution >= 4 is 27.0 Å². The summed E-state index contributed by atoms with van der Waals surface area (Å²) in [6.07, 6.45) is 2.80. The molecule has 0 aliphatic rings. The molecule has 0 spiro atoms. The van der Waals surface area contributed by atoms with E-state index >= 15 is 0 Å². The van der Waals surface area contributed by atoms with E-state index in [9.17, 15) is 0 Å². The van der Waals surface area contributed by atoms with Crippen LogP contribution in [-0.2, 0) is 13.5 Å². The number of hydrogen-bond donors (Lipinski definition) is 0. The van der Waals surface area contributed by atoms with E-state index in [1.54, 1.807) is 0 Å². The van der Waals surface area contributed by atoms with Gasteiger partial charge in [0.15, 0.2) is 5.65 Å².